The van der Waals surface area contributed by atoms with Crippen LogP contribution in [-0.4, -0.2) is 38.6 Å². The lowest BCUT2D eigenvalue weighted by molar-refractivity contribution is 0.0514. The van der Waals surface area contributed by atoms with Gasteiger partial charge in [-0.05, 0) is 50.6 Å². The van der Waals surface area contributed by atoms with Crippen molar-refractivity contribution in [1.82, 2.24) is 19.7 Å². The Labute approximate surface area is 167 Å². The third-order valence-corrected chi connectivity index (χ3v) is 3.76. The van der Waals surface area contributed by atoms with E-state index in [1.807, 2.05) is 18.2 Å². The summed E-state index contributed by atoms with van der Waals surface area (Å²) in [5, 5.41) is 7.38. The van der Waals surface area contributed by atoms with Crippen LogP contribution >= 0.6 is 11.6 Å². The first-order valence-electron chi connectivity index (χ1n) is 8.47. The van der Waals surface area contributed by atoms with Crippen molar-refractivity contribution in [3.63, 3.8) is 0 Å². The van der Waals surface area contributed by atoms with E-state index < -0.39 is 11.7 Å². The summed E-state index contributed by atoms with van der Waals surface area (Å²) in [5.41, 5.74) is 1.66. The normalized spacial score (nSPS) is 11.2. The summed E-state index contributed by atoms with van der Waals surface area (Å²) in [6, 6.07) is 7.24. The van der Waals surface area contributed by atoms with E-state index in [2.05, 4.69) is 20.4 Å². The maximum Gasteiger partial charge on any atom is 0.435 e. The Kier molecular flexibility index (Phi) is 5.51. The molecule has 9 heteroatoms. The Morgan fingerprint density at radius 1 is 1.25 bits per heavy atom. The number of benzene rings is 1. The molecule has 3 aromatic rings. The molecule has 0 saturated carbocycles. The summed E-state index contributed by atoms with van der Waals surface area (Å²) >= 11 is 5.81. The van der Waals surface area contributed by atoms with E-state index in [0.717, 1.165) is 21.5 Å². The highest BCUT2D eigenvalue weighted by Gasteiger charge is 2.19. The second kappa shape index (κ2) is 7.85. The Balaban J connectivity index is 1.84. The molecule has 2 aromatic heterocycles. The van der Waals surface area contributed by atoms with E-state index >= 15 is 0 Å². The number of carbonyl (C=O) groups excluding carboxylic acids is 1. The van der Waals surface area contributed by atoms with Gasteiger partial charge in [0.1, 0.15) is 17.2 Å². The number of rotatable bonds is 4. The van der Waals surface area contributed by atoms with Crippen LogP contribution in [0.3, 0.4) is 0 Å². The molecule has 0 fully saturated rings. The van der Waals surface area contributed by atoms with Gasteiger partial charge in [0.25, 0.3) is 0 Å². The fourth-order valence-corrected chi connectivity index (χ4v) is 2.58. The van der Waals surface area contributed by atoms with Gasteiger partial charge in [0.2, 0.25) is 5.28 Å². The smallest absolute Gasteiger partial charge is 0.435 e. The largest absolute Gasteiger partial charge is 0.496 e. The average Bonchev–Trinajstić information content (AvgIpc) is 3.10. The van der Waals surface area contributed by atoms with Crippen molar-refractivity contribution >= 4 is 29.2 Å². The molecule has 0 bridgehead atoms. The minimum absolute atomic E-state index is 0.156. The Hall–Kier alpha value is -3.13. The molecule has 1 N–H and O–H groups in total. The number of carbonyl (C=O) groups is 1. The average molecular weight is 402 g/mol. The van der Waals surface area contributed by atoms with Crippen molar-refractivity contribution in [2.24, 2.45) is 0 Å². The van der Waals surface area contributed by atoms with Gasteiger partial charge in [-0.3, -0.25) is 0 Å². The molecule has 146 valence electrons. The first-order chi connectivity index (χ1) is 13.2. The predicted octanol–water partition coefficient (Wildman–Crippen LogP) is 4.53. The Morgan fingerprint density at radius 3 is 2.71 bits per heavy atom. The molecule has 8 nitrogen and oxygen atoms in total. The second-order valence-electron chi connectivity index (χ2n) is 6.90. The van der Waals surface area contributed by atoms with Crippen LogP contribution in [0, 0.1) is 0 Å². The maximum absolute atomic E-state index is 12.2. The van der Waals surface area contributed by atoms with Gasteiger partial charge in [-0.15, -0.1) is 0 Å². The molecule has 0 aliphatic carbocycles. The number of ether oxygens (including phenoxy) is 2. The van der Waals surface area contributed by atoms with Crippen LogP contribution in [0.5, 0.6) is 5.75 Å². The van der Waals surface area contributed by atoms with Crippen LogP contribution < -0.4 is 10.1 Å². The first kappa shape index (κ1) is 19.6. The van der Waals surface area contributed by atoms with E-state index in [4.69, 9.17) is 21.1 Å². The number of methoxy groups -OCH3 is 1. The molecule has 2 heterocycles. The molecule has 0 spiro atoms. The highest BCUT2D eigenvalue weighted by molar-refractivity contribution is 6.28. The molecule has 0 amide bonds. The molecule has 0 aliphatic rings. The number of nitrogens with one attached hydrogen (secondary N) is 1. The van der Waals surface area contributed by atoms with E-state index in [1.165, 1.54) is 0 Å². The fraction of sp³-hybridized carbons (Fsp3) is 0.263. The molecule has 0 unspecified atom stereocenters. The first-order valence-corrected chi connectivity index (χ1v) is 8.85. The van der Waals surface area contributed by atoms with Crippen LogP contribution in [-0.2, 0) is 4.74 Å². The van der Waals surface area contributed by atoms with E-state index in [9.17, 15) is 4.79 Å². The minimum atomic E-state index is -0.599. The van der Waals surface area contributed by atoms with Crippen molar-refractivity contribution in [1.29, 1.82) is 0 Å². The lowest BCUT2D eigenvalue weighted by Crippen LogP contribution is -2.27. The highest BCUT2D eigenvalue weighted by Crippen LogP contribution is 2.33. The van der Waals surface area contributed by atoms with E-state index in [-0.39, 0.29) is 5.28 Å². The Bertz CT molecular complexity index is 997. The zero-order valence-corrected chi connectivity index (χ0v) is 16.7. The van der Waals surface area contributed by atoms with Crippen molar-refractivity contribution in [2.45, 2.75) is 26.4 Å². The van der Waals surface area contributed by atoms with Crippen molar-refractivity contribution in [2.75, 3.05) is 12.4 Å². The molecule has 0 aliphatic heterocycles. The lowest BCUT2D eigenvalue weighted by atomic mass is 10.1. The predicted molar refractivity (Wildman–Crippen MR) is 106 cm³/mol. The maximum atomic E-state index is 12.2. The van der Waals surface area contributed by atoms with Gasteiger partial charge in [0, 0.05) is 35.3 Å². The lowest BCUT2D eigenvalue weighted by Gasteiger charge is -2.18. The van der Waals surface area contributed by atoms with E-state index in [1.54, 1.807) is 52.5 Å². The summed E-state index contributed by atoms with van der Waals surface area (Å²) in [7, 11) is 1.57. The molecular formula is C19H20ClN5O3. The quantitative estimate of drug-likeness (QED) is 0.642. The summed E-state index contributed by atoms with van der Waals surface area (Å²) in [5.74, 6) is 1.17. The number of hydrogen-bond acceptors (Lipinski definition) is 7. The van der Waals surface area contributed by atoms with Crippen molar-refractivity contribution < 1.29 is 14.3 Å². The SMILES string of the molecule is COc1cc(Nc2ccnc(Cl)n2)ccc1-c1cnn(C(=O)OC(C)(C)C)c1. The number of anilines is 2. The van der Waals surface area contributed by atoms with Crippen LogP contribution in [0.2, 0.25) is 5.28 Å². The minimum Gasteiger partial charge on any atom is -0.496 e. The molecule has 28 heavy (non-hydrogen) atoms. The van der Waals surface area contributed by atoms with Gasteiger partial charge < -0.3 is 14.8 Å². The zero-order chi connectivity index (χ0) is 20.3. The van der Waals surface area contributed by atoms with Crippen molar-refractivity contribution in [3.05, 3.63) is 48.1 Å². The van der Waals surface area contributed by atoms with Gasteiger partial charge in [0.05, 0.1) is 13.3 Å². The van der Waals surface area contributed by atoms with Crippen LogP contribution in [0.4, 0.5) is 16.3 Å². The van der Waals surface area contributed by atoms with Gasteiger partial charge in [-0.2, -0.15) is 9.78 Å². The topological polar surface area (TPSA) is 91.2 Å². The molecule has 3 rings (SSSR count). The highest BCUT2D eigenvalue weighted by atomic mass is 35.5. The summed E-state index contributed by atoms with van der Waals surface area (Å²) in [6.45, 7) is 5.40. The molecule has 0 atom stereocenters. The van der Waals surface area contributed by atoms with Crippen LogP contribution in [0.1, 0.15) is 20.8 Å². The standard InChI is InChI=1S/C19H20ClN5O3/c1-19(2,3)28-18(26)25-11-12(10-22-25)14-6-5-13(9-15(14)27-4)23-16-7-8-21-17(20)24-16/h5-11H,1-4H3,(H,21,23,24). The number of nitrogens with zero attached hydrogens (tertiary/aromatic N) is 4. The van der Waals surface area contributed by atoms with Crippen LogP contribution in [0.25, 0.3) is 11.1 Å². The van der Waals surface area contributed by atoms with Crippen molar-refractivity contribution in [3.8, 4) is 16.9 Å². The molecule has 1 aromatic carbocycles. The van der Waals surface area contributed by atoms with Gasteiger partial charge in [-0.1, -0.05) is 0 Å². The molecule has 0 radical (unpaired) electrons. The third-order valence-electron chi connectivity index (χ3n) is 3.57. The van der Waals surface area contributed by atoms with Gasteiger partial charge >= 0.3 is 6.09 Å². The summed E-state index contributed by atoms with van der Waals surface area (Å²) in [4.78, 5) is 20.1. The second-order valence-corrected chi connectivity index (χ2v) is 7.24. The fourth-order valence-electron chi connectivity index (χ4n) is 2.43. The monoisotopic (exact) mass is 401 g/mol. The number of aromatic nitrogens is 4. The summed E-state index contributed by atoms with van der Waals surface area (Å²) < 4.78 is 12.0. The van der Waals surface area contributed by atoms with Crippen LogP contribution in [0.15, 0.2) is 42.9 Å². The molecule has 0 saturated heterocycles. The van der Waals surface area contributed by atoms with E-state index in [0.29, 0.717) is 11.6 Å². The summed E-state index contributed by atoms with van der Waals surface area (Å²) in [6.07, 6.45) is 4.20. The Morgan fingerprint density at radius 2 is 2.04 bits per heavy atom. The number of halogens is 1. The van der Waals surface area contributed by atoms with Gasteiger partial charge in [0.15, 0.2) is 0 Å². The third kappa shape index (κ3) is 4.77. The zero-order valence-electron chi connectivity index (χ0n) is 15.9. The van der Waals surface area contributed by atoms with Gasteiger partial charge in [-0.25, -0.2) is 14.8 Å². The number of hydrogen-bond donors (Lipinski definition) is 1. The molecular weight excluding hydrogens is 382 g/mol.